The first-order valence-corrected chi connectivity index (χ1v) is 7.66. The Kier molecular flexibility index (Phi) is 6.77. The molecule has 0 bridgehead atoms. The van der Waals surface area contributed by atoms with E-state index in [1.807, 2.05) is 24.3 Å². The van der Waals surface area contributed by atoms with Crippen LogP contribution >= 0.6 is 11.6 Å². The molecule has 1 amide bonds. The average Bonchev–Trinajstić information content (AvgIpc) is 2.57. The lowest BCUT2D eigenvalue weighted by Gasteiger charge is -2.06. The van der Waals surface area contributed by atoms with Crippen LogP contribution in [0.3, 0.4) is 0 Å². The number of aromatic nitrogens is 2. The van der Waals surface area contributed by atoms with Gasteiger partial charge in [0, 0.05) is 25.2 Å². The number of rotatable bonds is 8. The summed E-state index contributed by atoms with van der Waals surface area (Å²) in [4.78, 5) is 11.8. The molecule has 0 saturated heterocycles. The molecule has 0 aliphatic heterocycles. The normalized spacial score (nSPS) is 10.3. The molecule has 0 radical (unpaired) electrons. The molecule has 2 rings (SSSR count). The van der Waals surface area contributed by atoms with Gasteiger partial charge in [-0.25, -0.2) is 0 Å². The minimum Gasteiger partial charge on any atom is -0.383 e. The van der Waals surface area contributed by atoms with Crippen molar-refractivity contribution in [2.75, 3.05) is 32.1 Å². The van der Waals surface area contributed by atoms with Crippen LogP contribution in [0.4, 0.5) is 5.82 Å². The van der Waals surface area contributed by atoms with Gasteiger partial charge >= 0.3 is 0 Å². The van der Waals surface area contributed by atoms with Crippen molar-refractivity contribution in [3.63, 3.8) is 0 Å². The molecule has 0 aliphatic rings. The maximum Gasteiger partial charge on any atom is 0.271 e. The van der Waals surface area contributed by atoms with Gasteiger partial charge in [0.15, 0.2) is 5.69 Å². The Morgan fingerprint density at radius 3 is 2.57 bits per heavy atom. The van der Waals surface area contributed by atoms with Crippen LogP contribution < -0.4 is 10.6 Å². The van der Waals surface area contributed by atoms with E-state index in [2.05, 4.69) is 20.8 Å². The maximum atomic E-state index is 11.8. The Morgan fingerprint density at radius 2 is 1.91 bits per heavy atom. The number of carbonyl (C=O) groups is 1. The number of nitrogens with one attached hydrogen (secondary N) is 2. The molecule has 1 aromatic heterocycles. The number of amides is 1. The zero-order chi connectivity index (χ0) is 16.5. The topological polar surface area (TPSA) is 76.1 Å². The molecule has 0 aliphatic carbocycles. The first-order chi connectivity index (χ1) is 11.2. The van der Waals surface area contributed by atoms with Crippen LogP contribution in [0.2, 0.25) is 5.02 Å². The van der Waals surface area contributed by atoms with E-state index >= 15 is 0 Å². The van der Waals surface area contributed by atoms with E-state index in [1.165, 1.54) is 5.56 Å². The summed E-state index contributed by atoms with van der Waals surface area (Å²) in [5.74, 6) is 0.370. The van der Waals surface area contributed by atoms with Crippen molar-refractivity contribution in [1.82, 2.24) is 15.5 Å². The minimum atomic E-state index is -0.262. The highest BCUT2D eigenvalue weighted by molar-refractivity contribution is 6.30. The summed E-state index contributed by atoms with van der Waals surface area (Å²) in [6.45, 7) is 1.62. The molecular formula is C16H19ClN4O2. The van der Waals surface area contributed by atoms with Gasteiger partial charge in [-0.05, 0) is 36.2 Å². The quantitative estimate of drug-likeness (QED) is 0.723. The first kappa shape index (κ1) is 17.2. The Balaban J connectivity index is 1.78. The van der Waals surface area contributed by atoms with Crippen molar-refractivity contribution in [2.24, 2.45) is 0 Å². The van der Waals surface area contributed by atoms with Crippen molar-refractivity contribution in [3.8, 4) is 0 Å². The van der Waals surface area contributed by atoms with Crippen LogP contribution in [0.1, 0.15) is 16.1 Å². The highest BCUT2D eigenvalue weighted by Crippen LogP contribution is 2.10. The van der Waals surface area contributed by atoms with Gasteiger partial charge < -0.3 is 15.4 Å². The second kappa shape index (κ2) is 9.07. The zero-order valence-electron chi connectivity index (χ0n) is 12.9. The Hall–Kier alpha value is -2.18. The van der Waals surface area contributed by atoms with Crippen LogP contribution in [0.5, 0.6) is 0 Å². The molecule has 0 saturated carbocycles. The molecule has 0 fully saturated rings. The molecule has 0 atom stereocenters. The van der Waals surface area contributed by atoms with Gasteiger partial charge in [-0.3, -0.25) is 4.79 Å². The van der Waals surface area contributed by atoms with E-state index in [0.717, 1.165) is 18.0 Å². The fourth-order valence-corrected chi connectivity index (χ4v) is 2.02. The lowest BCUT2D eigenvalue weighted by molar-refractivity contribution is 0.0931. The van der Waals surface area contributed by atoms with Crippen molar-refractivity contribution in [1.29, 1.82) is 0 Å². The van der Waals surface area contributed by atoms with Crippen LogP contribution in [-0.2, 0) is 11.2 Å². The summed E-state index contributed by atoms with van der Waals surface area (Å²) in [5, 5.41) is 14.5. The first-order valence-electron chi connectivity index (χ1n) is 7.28. The van der Waals surface area contributed by atoms with E-state index in [4.69, 9.17) is 16.3 Å². The number of anilines is 1. The van der Waals surface area contributed by atoms with E-state index in [0.29, 0.717) is 19.0 Å². The number of nitrogens with zero attached hydrogens (tertiary/aromatic N) is 2. The molecule has 7 heteroatoms. The lowest BCUT2D eigenvalue weighted by Crippen LogP contribution is -2.28. The number of methoxy groups -OCH3 is 1. The summed E-state index contributed by atoms with van der Waals surface area (Å²) in [6, 6.07) is 11.1. The fourth-order valence-electron chi connectivity index (χ4n) is 1.89. The Morgan fingerprint density at radius 1 is 1.13 bits per heavy atom. The third kappa shape index (κ3) is 5.84. The summed E-state index contributed by atoms with van der Waals surface area (Å²) in [5.41, 5.74) is 1.47. The molecule has 6 nitrogen and oxygen atoms in total. The molecule has 23 heavy (non-hydrogen) atoms. The molecule has 122 valence electrons. The second-order valence-electron chi connectivity index (χ2n) is 4.86. The molecule has 1 heterocycles. The van der Waals surface area contributed by atoms with Gasteiger partial charge in [0.05, 0.1) is 6.61 Å². The average molecular weight is 335 g/mol. The molecule has 2 N–H and O–H groups in total. The van der Waals surface area contributed by atoms with E-state index in [1.54, 1.807) is 19.2 Å². The largest absolute Gasteiger partial charge is 0.383 e. The van der Waals surface area contributed by atoms with Gasteiger partial charge in [0.1, 0.15) is 5.82 Å². The lowest BCUT2D eigenvalue weighted by atomic mass is 10.1. The minimum absolute atomic E-state index is 0.262. The smallest absolute Gasteiger partial charge is 0.271 e. The summed E-state index contributed by atoms with van der Waals surface area (Å²) in [6.07, 6.45) is 0.845. The fraction of sp³-hybridized carbons (Fsp3) is 0.312. The molecular weight excluding hydrogens is 316 g/mol. The third-order valence-corrected chi connectivity index (χ3v) is 3.37. The van der Waals surface area contributed by atoms with Crippen molar-refractivity contribution < 1.29 is 9.53 Å². The number of hydrogen-bond acceptors (Lipinski definition) is 5. The molecule has 2 aromatic rings. The van der Waals surface area contributed by atoms with Crippen LogP contribution in [0.15, 0.2) is 36.4 Å². The van der Waals surface area contributed by atoms with Gasteiger partial charge in [-0.1, -0.05) is 23.7 Å². The van der Waals surface area contributed by atoms with E-state index < -0.39 is 0 Å². The number of carbonyl (C=O) groups excluding carboxylic acids is 1. The van der Waals surface area contributed by atoms with Gasteiger partial charge in [0.25, 0.3) is 5.91 Å². The van der Waals surface area contributed by atoms with Gasteiger partial charge in [-0.15, -0.1) is 10.2 Å². The van der Waals surface area contributed by atoms with Crippen LogP contribution in [0.25, 0.3) is 0 Å². The number of halogens is 1. The monoisotopic (exact) mass is 334 g/mol. The number of hydrogen-bond donors (Lipinski definition) is 2. The van der Waals surface area contributed by atoms with Crippen molar-refractivity contribution in [3.05, 3.63) is 52.7 Å². The zero-order valence-corrected chi connectivity index (χ0v) is 13.6. The van der Waals surface area contributed by atoms with Gasteiger partial charge in [0.2, 0.25) is 0 Å². The standard InChI is InChI=1S/C16H19ClN4O2/c1-23-11-10-19-16(22)14-6-7-15(21-20-14)18-9-8-12-2-4-13(17)5-3-12/h2-7H,8-11H2,1H3,(H,18,21)(H,19,22). The third-order valence-electron chi connectivity index (χ3n) is 3.12. The second-order valence-corrected chi connectivity index (χ2v) is 5.29. The maximum absolute atomic E-state index is 11.8. The molecule has 0 spiro atoms. The van der Waals surface area contributed by atoms with Crippen LogP contribution in [0, 0.1) is 0 Å². The number of ether oxygens (including phenoxy) is 1. The summed E-state index contributed by atoms with van der Waals surface area (Å²) < 4.78 is 4.87. The Bertz CT molecular complexity index is 617. The highest BCUT2D eigenvalue weighted by atomic mass is 35.5. The van der Waals surface area contributed by atoms with Crippen molar-refractivity contribution >= 4 is 23.3 Å². The predicted molar refractivity (Wildman–Crippen MR) is 89.9 cm³/mol. The van der Waals surface area contributed by atoms with Gasteiger partial charge in [-0.2, -0.15) is 0 Å². The van der Waals surface area contributed by atoms with Crippen molar-refractivity contribution in [2.45, 2.75) is 6.42 Å². The van der Waals surface area contributed by atoms with E-state index in [-0.39, 0.29) is 11.6 Å². The SMILES string of the molecule is COCCNC(=O)c1ccc(NCCc2ccc(Cl)cc2)nn1. The highest BCUT2D eigenvalue weighted by Gasteiger charge is 2.07. The van der Waals surface area contributed by atoms with E-state index in [9.17, 15) is 4.79 Å². The molecule has 1 aromatic carbocycles. The Labute approximate surface area is 140 Å². The number of benzene rings is 1. The predicted octanol–water partition coefficient (Wildman–Crippen LogP) is 2.16. The summed E-state index contributed by atoms with van der Waals surface area (Å²) in [7, 11) is 1.58. The summed E-state index contributed by atoms with van der Waals surface area (Å²) >= 11 is 5.85. The molecule has 0 unspecified atom stereocenters. The van der Waals surface area contributed by atoms with Crippen LogP contribution in [-0.4, -0.2) is 42.9 Å².